The topological polar surface area (TPSA) is 29.5 Å². The van der Waals surface area contributed by atoms with Gasteiger partial charge in [0.05, 0.1) is 5.56 Å². The van der Waals surface area contributed by atoms with Crippen LogP contribution in [0.1, 0.15) is 28.4 Å². The van der Waals surface area contributed by atoms with Crippen molar-refractivity contribution in [1.29, 1.82) is 0 Å². The molecule has 0 aromatic heterocycles. The lowest BCUT2D eigenvalue weighted by Crippen LogP contribution is -2.21. The average molecular weight is 369 g/mol. The first kappa shape index (κ1) is 18.1. The molecule has 0 amide bonds. The fraction of sp³-hybridized carbons (Fsp3) is 0.160. The molecule has 140 valence electrons. The Balaban J connectivity index is 1.52. The molecule has 3 aromatic rings. The summed E-state index contributed by atoms with van der Waals surface area (Å²) >= 11 is 0. The predicted molar refractivity (Wildman–Crippen MR) is 114 cm³/mol. The largest absolute Gasteiger partial charge is 0.488 e. The van der Waals surface area contributed by atoms with E-state index in [2.05, 4.69) is 60.4 Å². The molecule has 0 fully saturated rings. The van der Waals surface area contributed by atoms with Crippen molar-refractivity contribution in [2.75, 3.05) is 18.1 Å². The second-order valence-corrected chi connectivity index (χ2v) is 6.87. The Bertz CT molecular complexity index is 991. The number of anilines is 1. The van der Waals surface area contributed by atoms with Gasteiger partial charge in [-0.25, -0.2) is 0 Å². The molecule has 3 nitrogen and oxygen atoms in total. The SMILES string of the molecule is CCN(Cc1ccccc1)c1ccc(C=C2COc3ccccc3C2=O)cc1. The highest BCUT2D eigenvalue weighted by Crippen LogP contribution is 2.28. The smallest absolute Gasteiger partial charge is 0.196 e. The number of nitrogens with zero attached hydrogens (tertiary/aromatic N) is 1. The van der Waals surface area contributed by atoms with Gasteiger partial charge in [0.2, 0.25) is 0 Å². The third kappa shape index (κ3) is 3.84. The van der Waals surface area contributed by atoms with E-state index in [0.29, 0.717) is 23.5 Å². The fourth-order valence-electron chi connectivity index (χ4n) is 3.45. The van der Waals surface area contributed by atoms with E-state index < -0.39 is 0 Å². The van der Waals surface area contributed by atoms with Crippen LogP contribution in [0, 0.1) is 0 Å². The van der Waals surface area contributed by atoms with Gasteiger partial charge in [0.15, 0.2) is 5.78 Å². The molecule has 0 spiro atoms. The Morgan fingerprint density at radius 1 is 0.929 bits per heavy atom. The number of hydrogen-bond acceptors (Lipinski definition) is 3. The van der Waals surface area contributed by atoms with Crippen molar-refractivity contribution in [1.82, 2.24) is 0 Å². The number of carbonyl (C=O) groups excluding carboxylic acids is 1. The standard InChI is InChI=1S/C25H23NO2/c1-2-26(17-20-8-4-3-5-9-20)22-14-12-19(13-15-22)16-21-18-28-24-11-7-6-10-23(24)25(21)27/h3-16H,2,17-18H2,1H3. The maximum atomic E-state index is 12.7. The molecule has 0 saturated heterocycles. The maximum Gasteiger partial charge on any atom is 0.196 e. The highest BCUT2D eigenvalue weighted by atomic mass is 16.5. The minimum absolute atomic E-state index is 0.0465. The summed E-state index contributed by atoms with van der Waals surface area (Å²) < 4.78 is 5.73. The molecule has 0 bridgehead atoms. The molecule has 0 saturated carbocycles. The molecule has 28 heavy (non-hydrogen) atoms. The van der Waals surface area contributed by atoms with Gasteiger partial charge in [-0.3, -0.25) is 4.79 Å². The highest BCUT2D eigenvalue weighted by Gasteiger charge is 2.22. The van der Waals surface area contributed by atoms with Crippen LogP contribution in [-0.4, -0.2) is 18.9 Å². The predicted octanol–water partition coefficient (Wildman–Crippen LogP) is 5.37. The quantitative estimate of drug-likeness (QED) is 0.566. The van der Waals surface area contributed by atoms with Gasteiger partial charge in [0.1, 0.15) is 12.4 Å². The first-order valence-corrected chi connectivity index (χ1v) is 9.60. The van der Waals surface area contributed by atoms with Crippen LogP contribution < -0.4 is 9.64 Å². The molecule has 4 rings (SSSR count). The number of hydrogen-bond donors (Lipinski definition) is 0. The number of Topliss-reactive ketones (excluding diaryl/α,β-unsaturated/α-hetero) is 1. The zero-order chi connectivity index (χ0) is 19.3. The van der Waals surface area contributed by atoms with Gasteiger partial charge in [0, 0.05) is 24.4 Å². The van der Waals surface area contributed by atoms with Crippen molar-refractivity contribution in [3.63, 3.8) is 0 Å². The number of rotatable bonds is 5. The molecule has 0 radical (unpaired) electrons. The summed E-state index contributed by atoms with van der Waals surface area (Å²) in [6, 6.07) is 26.2. The molecule has 0 atom stereocenters. The average Bonchev–Trinajstić information content (AvgIpc) is 2.75. The number of para-hydroxylation sites is 1. The Labute approximate surface area is 165 Å². The van der Waals surface area contributed by atoms with E-state index in [1.807, 2.05) is 36.4 Å². The molecule has 3 heteroatoms. The number of benzene rings is 3. The summed E-state index contributed by atoms with van der Waals surface area (Å²) in [6.07, 6.45) is 1.93. The lowest BCUT2D eigenvalue weighted by Gasteiger charge is -2.23. The second-order valence-electron chi connectivity index (χ2n) is 6.87. The van der Waals surface area contributed by atoms with Crippen molar-refractivity contribution in [3.05, 3.63) is 101 Å². The normalized spacial score (nSPS) is 14.5. The van der Waals surface area contributed by atoms with E-state index in [1.54, 1.807) is 0 Å². The van der Waals surface area contributed by atoms with Gasteiger partial charge in [0.25, 0.3) is 0 Å². The lowest BCUT2D eigenvalue weighted by molar-refractivity contribution is 0.100. The molecule has 3 aromatic carbocycles. The summed E-state index contributed by atoms with van der Waals surface area (Å²) in [6.45, 7) is 4.28. The van der Waals surface area contributed by atoms with Crippen LogP contribution in [0.15, 0.2) is 84.4 Å². The van der Waals surface area contributed by atoms with E-state index in [9.17, 15) is 4.79 Å². The Hall–Kier alpha value is -3.33. The molecule has 1 aliphatic heterocycles. The molecule has 0 N–H and O–H groups in total. The van der Waals surface area contributed by atoms with E-state index in [4.69, 9.17) is 4.74 Å². The van der Waals surface area contributed by atoms with Crippen LogP contribution in [0.5, 0.6) is 5.75 Å². The molecular weight excluding hydrogens is 346 g/mol. The summed E-state index contributed by atoms with van der Waals surface area (Å²) in [5.74, 6) is 0.713. The van der Waals surface area contributed by atoms with E-state index in [1.165, 1.54) is 11.3 Å². The first-order valence-electron chi connectivity index (χ1n) is 9.60. The first-order chi connectivity index (χ1) is 13.7. The Morgan fingerprint density at radius 2 is 1.64 bits per heavy atom. The van der Waals surface area contributed by atoms with Crippen molar-refractivity contribution < 1.29 is 9.53 Å². The highest BCUT2D eigenvalue weighted by molar-refractivity contribution is 6.14. The minimum Gasteiger partial charge on any atom is -0.488 e. The van der Waals surface area contributed by atoms with Crippen molar-refractivity contribution >= 4 is 17.5 Å². The summed E-state index contributed by atoms with van der Waals surface area (Å²) in [5, 5.41) is 0. The van der Waals surface area contributed by atoms with Crippen molar-refractivity contribution in [2.24, 2.45) is 0 Å². The summed E-state index contributed by atoms with van der Waals surface area (Å²) in [4.78, 5) is 15.0. The molecule has 0 aliphatic carbocycles. The van der Waals surface area contributed by atoms with E-state index >= 15 is 0 Å². The van der Waals surface area contributed by atoms with E-state index in [-0.39, 0.29) is 5.78 Å². The maximum absolute atomic E-state index is 12.7. The zero-order valence-electron chi connectivity index (χ0n) is 16.0. The van der Waals surface area contributed by atoms with Crippen LogP contribution >= 0.6 is 0 Å². The molecule has 1 aliphatic rings. The van der Waals surface area contributed by atoms with Crippen LogP contribution in [0.2, 0.25) is 0 Å². The number of ketones is 1. The number of ether oxygens (including phenoxy) is 1. The van der Waals surface area contributed by atoms with Gasteiger partial charge in [-0.05, 0) is 48.4 Å². The third-order valence-electron chi connectivity index (χ3n) is 5.00. The van der Waals surface area contributed by atoms with Crippen LogP contribution in [0.3, 0.4) is 0 Å². The van der Waals surface area contributed by atoms with Crippen LogP contribution in [-0.2, 0) is 6.54 Å². The molecule has 1 heterocycles. The van der Waals surface area contributed by atoms with Crippen LogP contribution in [0.25, 0.3) is 6.08 Å². The summed E-state index contributed by atoms with van der Waals surface area (Å²) in [7, 11) is 0. The zero-order valence-corrected chi connectivity index (χ0v) is 16.0. The molecular formula is C25H23NO2. The minimum atomic E-state index is 0.0465. The van der Waals surface area contributed by atoms with Gasteiger partial charge < -0.3 is 9.64 Å². The Kier molecular flexibility index (Phi) is 5.24. The molecule has 0 unspecified atom stereocenters. The summed E-state index contributed by atoms with van der Waals surface area (Å²) in [5.41, 5.74) is 4.79. The second kappa shape index (κ2) is 8.13. The number of fused-ring (bicyclic) bond motifs is 1. The van der Waals surface area contributed by atoms with Gasteiger partial charge in [-0.2, -0.15) is 0 Å². The number of carbonyl (C=O) groups is 1. The van der Waals surface area contributed by atoms with Crippen molar-refractivity contribution in [2.45, 2.75) is 13.5 Å². The van der Waals surface area contributed by atoms with Gasteiger partial charge in [-0.1, -0.05) is 54.6 Å². The Morgan fingerprint density at radius 3 is 2.39 bits per heavy atom. The fourth-order valence-corrected chi connectivity index (χ4v) is 3.45. The van der Waals surface area contributed by atoms with E-state index in [0.717, 1.165) is 18.7 Å². The van der Waals surface area contributed by atoms with Gasteiger partial charge in [-0.15, -0.1) is 0 Å². The van der Waals surface area contributed by atoms with Crippen LogP contribution in [0.4, 0.5) is 5.69 Å². The third-order valence-corrected chi connectivity index (χ3v) is 5.00. The monoisotopic (exact) mass is 369 g/mol. The van der Waals surface area contributed by atoms with Crippen molar-refractivity contribution in [3.8, 4) is 5.75 Å². The lowest BCUT2D eigenvalue weighted by atomic mass is 9.98. The van der Waals surface area contributed by atoms with Gasteiger partial charge >= 0.3 is 0 Å².